The van der Waals surface area contributed by atoms with Gasteiger partial charge in [0.25, 0.3) is 8.32 Å². The molecule has 0 radical (unpaired) electrons. The lowest BCUT2D eigenvalue weighted by molar-refractivity contribution is 0.419. The molecular formula is C21H26O2Si. The summed E-state index contributed by atoms with van der Waals surface area (Å²) in [5.74, 6) is 1.85. The highest BCUT2D eigenvalue weighted by Gasteiger charge is 2.39. The molecule has 126 valence electrons. The molecule has 0 saturated heterocycles. The topological polar surface area (TPSA) is 18.5 Å². The first-order valence-corrected chi connectivity index (χ1v) is 11.3. The molecule has 3 aromatic carbocycles. The van der Waals surface area contributed by atoms with Crippen molar-refractivity contribution in [2.75, 3.05) is 7.11 Å². The van der Waals surface area contributed by atoms with E-state index in [9.17, 15) is 0 Å². The van der Waals surface area contributed by atoms with E-state index in [0.717, 1.165) is 22.3 Å². The summed E-state index contributed by atoms with van der Waals surface area (Å²) >= 11 is 0. The predicted molar refractivity (Wildman–Crippen MR) is 106 cm³/mol. The number of methoxy groups -OCH3 is 1. The summed E-state index contributed by atoms with van der Waals surface area (Å²) in [6.45, 7) is 11.4. The molecule has 0 saturated carbocycles. The van der Waals surface area contributed by atoms with E-state index in [2.05, 4.69) is 76.3 Å². The summed E-state index contributed by atoms with van der Waals surface area (Å²) in [7, 11) is -0.198. The van der Waals surface area contributed by atoms with E-state index in [-0.39, 0.29) is 5.04 Å². The van der Waals surface area contributed by atoms with Gasteiger partial charge in [-0.1, -0.05) is 51.1 Å². The summed E-state index contributed by atoms with van der Waals surface area (Å²) in [4.78, 5) is 0. The second-order valence-corrected chi connectivity index (χ2v) is 12.6. The van der Waals surface area contributed by atoms with Crippen LogP contribution in [0.2, 0.25) is 18.1 Å². The standard InChI is InChI=1S/C21H26O2Si/c1-21(2,3)24(5,6)23-19-14-13-18(22-4)17-12-11-15-9-7-8-10-16(15)20(17)19/h7-14H,1-6H3. The van der Waals surface area contributed by atoms with Crippen molar-refractivity contribution >= 4 is 29.9 Å². The molecule has 2 nitrogen and oxygen atoms in total. The van der Waals surface area contributed by atoms with E-state index in [1.54, 1.807) is 7.11 Å². The van der Waals surface area contributed by atoms with Gasteiger partial charge in [-0.2, -0.15) is 0 Å². The third kappa shape index (κ3) is 2.77. The highest BCUT2D eigenvalue weighted by atomic mass is 28.4. The van der Waals surface area contributed by atoms with Crippen LogP contribution >= 0.6 is 0 Å². The third-order valence-electron chi connectivity index (χ3n) is 5.22. The van der Waals surface area contributed by atoms with Crippen LogP contribution in [0, 0.1) is 0 Å². The lowest BCUT2D eigenvalue weighted by Gasteiger charge is -2.37. The van der Waals surface area contributed by atoms with Gasteiger partial charge in [-0.3, -0.25) is 0 Å². The van der Waals surface area contributed by atoms with Gasteiger partial charge < -0.3 is 9.16 Å². The Bertz CT molecular complexity index is 891. The molecular weight excluding hydrogens is 312 g/mol. The van der Waals surface area contributed by atoms with Crippen LogP contribution in [0.15, 0.2) is 48.5 Å². The Morgan fingerprint density at radius 3 is 2.12 bits per heavy atom. The van der Waals surface area contributed by atoms with Gasteiger partial charge in [0.2, 0.25) is 0 Å². The smallest absolute Gasteiger partial charge is 0.250 e. The minimum atomic E-state index is -1.92. The van der Waals surface area contributed by atoms with Gasteiger partial charge >= 0.3 is 0 Å². The summed E-state index contributed by atoms with van der Waals surface area (Å²) in [5.41, 5.74) is 0. The highest BCUT2D eigenvalue weighted by molar-refractivity contribution is 6.74. The fraction of sp³-hybridized carbons (Fsp3) is 0.333. The van der Waals surface area contributed by atoms with Gasteiger partial charge in [0, 0.05) is 10.8 Å². The lowest BCUT2D eigenvalue weighted by Crippen LogP contribution is -2.43. The zero-order chi connectivity index (χ0) is 17.5. The van der Waals surface area contributed by atoms with Crippen molar-refractivity contribution in [1.29, 1.82) is 0 Å². The first kappa shape index (κ1) is 16.8. The summed E-state index contributed by atoms with van der Waals surface area (Å²) in [6.07, 6.45) is 0. The van der Waals surface area contributed by atoms with Crippen LogP contribution in [0.1, 0.15) is 20.8 Å². The Morgan fingerprint density at radius 1 is 0.792 bits per heavy atom. The number of fused-ring (bicyclic) bond motifs is 3. The molecule has 0 aliphatic heterocycles. The Labute approximate surface area is 145 Å². The van der Waals surface area contributed by atoms with Crippen LogP contribution in [0.25, 0.3) is 21.5 Å². The number of benzene rings is 3. The first-order valence-electron chi connectivity index (χ1n) is 8.42. The van der Waals surface area contributed by atoms with Crippen molar-refractivity contribution in [3.63, 3.8) is 0 Å². The second-order valence-electron chi connectivity index (χ2n) is 7.84. The van der Waals surface area contributed by atoms with Crippen molar-refractivity contribution in [2.24, 2.45) is 0 Å². The molecule has 0 spiro atoms. The van der Waals surface area contributed by atoms with Crippen LogP contribution in [0.5, 0.6) is 11.5 Å². The second kappa shape index (κ2) is 5.82. The minimum Gasteiger partial charge on any atom is -0.543 e. The molecule has 0 bridgehead atoms. The van der Waals surface area contributed by atoms with E-state index in [1.807, 2.05) is 6.07 Å². The van der Waals surface area contributed by atoms with Crippen molar-refractivity contribution in [2.45, 2.75) is 38.9 Å². The Hall–Kier alpha value is -2.00. The molecule has 0 N–H and O–H groups in total. The summed E-state index contributed by atoms with van der Waals surface area (Å²) < 4.78 is 12.3. The highest BCUT2D eigenvalue weighted by Crippen LogP contribution is 2.43. The van der Waals surface area contributed by atoms with Crippen LogP contribution in [-0.4, -0.2) is 15.4 Å². The number of rotatable bonds is 3. The van der Waals surface area contributed by atoms with Crippen molar-refractivity contribution in [3.8, 4) is 11.5 Å². The van der Waals surface area contributed by atoms with E-state index >= 15 is 0 Å². The Kier molecular flexibility index (Phi) is 4.08. The third-order valence-corrected chi connectivity index (χ3v) is 9.56. The molecule has 0 aliphatic carbocycles. The normalized spacial score (nSPS) is 12.6. The van der Waals surface area contributed by atoms with Gasteiger partial charge in [-0.15, -0.1) is 0 Å². The molecule has 0 atom stereocenters. The van der Waals surface area contributed by atoms with Crippen molar-refractivity contribution < 1.29 is 9.16 Å². The van der Waals surface area contributed by atoms with Crippen LogP contribution < -0.4 is 9.16 Å². The van der Waals surface area contributed by atoms with Gasteiger partial charge in [-0.25, -0.2) is 0 Å². The fourth-order valence-corrected chi connectivity index (χ4v) is 3.78. The molecule has 0 unspecified atom stereocenters. The Morgan fingerprint density at radius 2 is 1.46 bits per heavy atom. The molecule has 0 heterocycles. The number of hydrogen-bond donors (Lipinski definition) is 0. The largest absolute Gasteiger partial charge is 0.543 e. The maximum absolute atomic E-state index is 6.67. The molecule has 3 heteroatoms. The maximum atomic E-state index is 6.67. The summed E-state index contributed by atoms with van der Waals surface area (Å²) in [5, 5.41) is 4.84. The average molecular weight is 339 g/mol. The van der Waals surface area contributed by atoms with E-state index < -0.39 is 8.32 Å². The quantitative estimate of drug-likeness (QED) is 0.407. The van der Waals surface area contributed by atoms with Crippen LogP contribution in [-0.2, 0) is 0 Å². The minimum absolute atomic E-state index is 0.157. The number of ether oxygens (including phenoxy) is 1. The van der Waals surface area contributed by atoms with Crippen molar-refractivity contribution in [3.05, 3.63) is 48.5 Å². The zero-order valence-corrected chi connectivity index (χ0v) is 16.4. The number of hydrogen-bond acceptors (Lipinski definition) is 2. The van der Waals surface area contributed by atoms with Gasteiger partial charge in [0.15, 0.2) is 0 Å². The first-order chi connectivity index (χ1) is 11.2. The molecule has 3 rings (SSSR count). The molecule has 24 heavy (non-hydrogen) atoms. The lowest BCUT2D eigenvalue weighted by atomic mass is 10.0. The van der Waals surface area contributed by atoms with Crippen molar-refractivity contribution in [1.82, 2.24) is 0 Å². The fourth-order valence-electron chi connectivity index (χ4n) is 2.76. The molecule has 0 aromatic heterocycles. The predicted octanol–water partition coefficient (Wildman–Crippen LogP) is 6.39. The van der Waals surface area contributed by atoms with E-state index in [4.69, 9.17) is 9.16 Å². The molecule has 0 aliphatic rings. The molecule has 3 aromatic rings. The SMILES string of the molecule is COc1ccc(O[Si](C)(C)C(C)(C)C)c2c1ccc1ccccc12. The van der Waals surface area contributed by atoms with Crippen LogP contribution in [0.3, 0.4) is 0 Å². The monoisotopic (exact) mass is 338 g/mol. The molecule has 0 fully saturated rings. The van der Waals surface area contributed by atoms with E-state index in [1.165, 1.54) is 10.8 Å². The maximum Gasteiger partial charge on any atom is 0.250 e. The Balaban J connectivity index is 2.30. The molecule has 0 amide bonds. The zero-order valence-electron chi connectivity index (χ0n) is 15.4. The van der Waals surface area contributed by atoms with Gasteiger partial charge in [0.05, 0.1) is 7.11 Å². The summed E-state index contributed by atoms with van der Waals surface area (Å²) in [6, 6.07) is 16.8. The van der Waals surface area contributed by atoms with E-state index in [0.29, 0.717) is 0 Å². The van der Waals surface area contributed by atoms with Gasteiger partial charge in [0.1, 0.15) is 11.5 Å². The van der Waals surface area contributed by atoms with Gasteiger partial charge in [-0.05, 0) is 47.1 Å². The van der Waals surface area contributed by atoms with Crippen LogP contribution in [0.4, 0.5) is 0 Å². The average Bonchev–Trinajstić information content (AvgIpc) is 2.53.